The van der Waals surface area contributed by atoms with E-state index in [1.807, 2.05) is 13.0 Å². The highest BCUT2D eigenvalue weighted by Gasteiger charge is 2.41. The summed E-state index contributed by atoms with van der Waals surface area (Å²) in [4.78, 5) is 4.92. The maximum Gasteiger partial charge on any atom is 0.191 e. The summed E-state index contributed by atoms with van der Waals surface area (Å²) in [6.45, 7) is 4.84. The lowest BCUT2D eigenvalue weighted by atomic mass is 10.1. The number of aryl methyl sites for hydroxylation is 1. The van der Waals surface area contributed by atoms with Crippen molar-refractivity contribution in [1.29, 1.82) is 0 Å². The molecule has 1 fully saturated rings. The summed E-state index contributed by atoms with van der Waals surface area (Å²) >= 11 is 6.17. The molecule has 0 spiro atoms. The van der Waals surface area contributed by atoms with E-state index in [-0.39, 0.29) is 41.8 Å². The molecular weight excluding hydrogens is 540 g/mol. The fourth-order valence-corrected chi connectivity index (χ4v) is 4.69. The van der Waals surface area contributed by atoms with Crippen LogP contribution in [0.2, 0.25) is 5.02 Å². The van der Waals surface area contributed by atoms with Crippen LogP contribution < -0.4 is 10.6 Å². The van der Waals surface area contributed by atoms with Crippen molar-refractivity contribution in [3.63, 3.8) is 0 Å². The molecule has 2 unspecified atom stereocenters. The minimum absolute atomic E-state index is 0. The molecule has 0 bridgehead atoms. The zero-order chi connectivity index (χ0) is 21.2. The van der Waals surface area contributed by atoms with Gasteiger partial charge in [0.2, 0.25) is 0 Å². The molecule has 1 aliphatic carbocycles. The molecule has 0 saturated heterocycles. The molecule has 9 heteroatoms. The highest BCUT2D eigenvalue weighted by atomic mass is 127. The van der Waals surface area contributed by atoms with E-state index in [9.17, 15) is 12.8 Å². The van der Waals surface area contributed by atoms with Gasteiger partial charge in [0.25, 0.3) is 0 Å². The Bertz CT molecular complexity index is 1030. The maximum absolute atomic E-state index is 14.1. The largest absolute Gasteiger partial charge is 0.357 e. The number of rotatable bonds is 6. The number of hydrogen-bond acceptors (Lipinski definition) is 3. The monoisotopic (exact) mass is 565 g/mol. The summed E-state index contributed by atoms with van der Waals surface area (Å²) in [6.07, 6.45) is 1.99. The number of sulfone groups is 1. The molecule has 0 aliphatic heterocycles. The maximum atomic E-state index is 14.1. The van der Waals surface area contributed by atoms with E-state index in [2.05, 4.69) is 15.6 Å². The predicted molar refractivity (Wildman–Crippen MR) is 130 cm³/mol. The van der Waals surface area contributed by atoms with Gasteiger partial charge >= 0.3 is 0 Å². The summed E-state index contributed by atoms with van der Waals surface area (Å²) in [7, 11) is -3.24. The van der Waals surface area contributed by atoms with Gasteiger partial charge in [0.15, 0.2) is 15.8 Å². The third-order valence-electron chi connectivity index (χ3n) is 4.89. The third kappa shape index (κ3) is 6.07. The Morgan fingerprint density at radius 2 is 2.03 bits per heavy atom. The lowest BCUT2D eigenvalue weighted by Crippen LogP contribution is -2.39. The smallest absolute Gasteiger partial charge is 0.191 e. The summed E-state index contributed by atoms with van der Waals surface area (Å²) in [5.41, 5.74) is 2.17. The van der Waals surface area contributed by atoms with Crippen LogP contribution in [0.3, 0.4) is 0 Å². The second kappa shape index (κ2) is 10.3. The van der Waals surface area contributed by atoms with Gasteiger partial charge in [0.1, 0.15) is 5.82 Å². The first kappa shape index (κ1) is 24.9. The fraction of sp³-hybridized carbons (Fsp3) is 0.381. The molecule has 0 amide bonds. The topological polar surface area (TPSA) is 70.6 Å². The quantitative estimate of drug-likeness (QED) is 0.309. The highest BCUT2D eigenvalue weighted by Crippen LogP contribution is 2.44. The SMILES string of the molecule is CCNC(=NCc1ccc(S(C)(=O)=O)c(C)c1)NC1CC1c1c(F)cccc1Cl.I. The number of halogens is 3. The molecule has 0 aromatic heterocycles. The minimum atomic E-state index is -3.24. The van der Waals surface area contributed by atoms with Crippen molar-refractivity contribution in [2.75, 3.05) is 12.8 Å². The lowest BCUT2D eigenvalue weighted by Gasteiger charge is -2.12. The van der Waals surface area contributed by atoms with E-state index in [0.717, 1.165) is 12.0 Å². The first-order chi connectivity index (χ1) is 13.7. The third-order valence-corrected chi connectivity index (χ3v) is 6.47. The fourth-order valence-electron chi connectivity index (χ4n) is 3.43. The average molecular weight is 566 g/mol. The van der Waals surface area contributed by atoms with E-state index in [1.165, 1.54) is 12.3 Å². The number of hydrogen-bond donors (Lipinski definition) is 2. The molecule has 0 heterocycles. The number of nitrogens with zero attached hydrogens (tertiary/aromatic N) is 1. The van der Waals surface area contributed by atoms with E-state index in [0.29, 0.717) is 40.1 Å². The van der Waals surface area contributed by atoms with Crippen LogP contribution in [-0.4, -0.2) is 33.2 Å². The van der Waals surface area contributed by atoms with Gasteiger partial charge in [-0.1, -0.05) is 29.8 Å². The molecule has 2 N–H and O–H groups in total. The van der Waals surface area contributed by atoms with Gasteiger partial charge in [-0.05, 0) is 49.6 Å². The molecule has 0 radical (unpaired) electrons. The van der Waals surface area contributed by atoms with Crippen LogP contribution in [0.4, 0.5) is 4.39 Å². The molecule has 3 rings (SSSR count). The van der Waals surface area contributed by atoms with E-state index < -0.39 is 9.84 Å². The molecule has 2 aromatic carbocycles. The lowest BCUT2D eigenvalue weighted by molar-refractivity contribution is 0.601. The van der Waals surface area contributed by atoms with Crippen molar-refractivity contribution in [2.45, 2.75) is 43.7 Å². The predicted octanol–water partition coefficient (Wildman–Crippen LogP) is 4.42. The van der Waals surface area contributed by atoms with Crippen molar-refractivity contribution >= 4 is 51.4 Å². The molecule has 2 atom stereocenters. The summed E-state index contributed by atoms with van der Waals surface area (Å²) in [5.74, 6) is 0.372. The van der Waals surface area contributed by atoms with Crippen LogP contribution in [0.1, 0.15) is 36.0 Å². The Balaban J connectivity index is 0.00000320. The molecule has 5 nitrogen and oxygen atoms in total. The van der Waals surface area contributed by atoms with Gasteiger partial charge in [-0.2, -0.15) is 0 Å². The molecule has 1 aliphatic rings. The Kier molecular flexibility index (Phi) is 8.52. The second-order valence-corrected chi connectivity index (χ2v) is 9.69. The van der Waals surface area contributed by atoms with E-state index in [1.54, 1.807) is 31.2 Å². The summed E-state index contributed by atoms with van der Waals surface area (Å²) in [5, 5.41) is 6.97. The van der Waals surface area contributed by atoms with Crippen LogP contribution in [0.5, 0.6) is 0 Å². The van der Waals surface area contributed by atoms with E-state index >= 15 is 0 Å². The first-order valence-electron chi connectivity index (χ1n) is 9.49. The van der Waals surface area contributed by atoms with Gasteiger partial charge in [-0.25, -0.2) is 17.8 Å². The van der Waals surface area contributed by atoms with Gasteiger partial charge in [0.05, 0.1) is 11.4 Å². The number of guanidine groups is 1. The van der Waals surface area contributed by atoms with Gasteiger partial charge in [-0.15, -0.1) is 24.0 Å². The van der Waals surface area contributed by atoms with Crippen molar-refractivity contribution in [3.8, 4) is 0 Å². The van der Waals surface area contributed by atoms with Gasteiger partial charge in [-0.3, -0.25) is 0 Å². The Labute approximate surface area is 199 Å². The van der Waals surface area contributed by atoms with Crippen LogP contribution in [0.25, 0.3) is 0 Å². The van der Waals surface area contributed by atoms with Crippen LogP contribution in [-0.2, 0) is 16.4 Å². The standard InChI is InChI=1S/C21H25ClFN3O2S.HI/c1-4-24-21(25-12-14-8-9-19(13(2)10-14)29(3,27)28)26-18-11-15(18)20-16(22)6-5-7-17(20)23;/h5-10,15,18H,4,11-12H2,1-3H3,(H2,24,25,26);1H. The molecular formula is C21H26ClFIN3O2S. The Hall–Kier alpha value is -1.39. The van der Waals surface area contributed by atoms with Crippen LogP contribution in [0, 0.1) is 12.7 Å². The number of nitrogens with one attached hydrogen (secondary N) is 2. The number of benzene rings is 2. The average Bonchev–Trinajstić information content (AvgIpc) is 3.37. The second-order valence-electron chi connectivity index (χ2n) is 7.30. The Morgan fingerprint density at radius 3 is 2.63 bits per heavy atom. The highest BCUT2D eigenvalue weighted by molar-refractivity contribution is 14.0. The molecule has 30 heavy (non-hydrogen) atoms. The van der Waals surface area contributed by atoms with Crippen molar-refractivity contribution < 1.29 is 12.8 Å². The molecule has 1 saturated carbocycles. The van der Waals surface area contributed by atoms with Crippen LogP contribution in [0.15, 0.2) is 46.3 Å². The van der Waals surface area contributed by atoms with Crippen molar-refractivity contribution in [1.82, 2.24) is 10.6 Å². The zero-order valence-corrected chi connectivity index (χ0v) is 21.0. The minimum Gasteiger partial charge on any atom is -0.357 e. The van der Waals surface area contributed by atoms with E-state index in [4.69, 9.17) is 11.6 Å². The molecule has 2 aromatic rings. The first-order valence-corrected chi connectivity index (χ1v) is 11.8. The van der Waals surface area contributed by atoms with Gasteiger partial charge < -0.3 is 10.6 Å². The van der Waals surface area contributed by atoms with Gasteiger partial charge in [0, 0.05) is 35.3 Å². The van der Waals surface area contributed by atoms with Crippen molar-refractivity contribution in [2.24, 2.45) is 4.99 Å². The summed E-state index contributed by atoms with van der Waals surface area (Å²) in [6, 6.07) is 10.0. The zero-order valence-electron chi connectivity index (χ0n) is 17.1. The molecule has 164 valence electrons. The summed E-state index contributed by atoms with van der Waals surface area (Å²) < 4.78 is 37.6. The van der Waals surface area contributed by atoms with Crippen molar-refractivity contribution in [3.05, 3.63) is 63.9 Å². The normalized spacial score (nSPS) is 18.5. The Morgan fingerprint density at radius 1 is 1.30 bits per heavy atom. The van der Waals surface area contributed by atoms with Crippen LogP contribution >= 0.6 is 35.6 Å². The number of aliphatic imine (C=N–C) groups is 1.